The Balaban J connectivity index is 1.16. The number of aromatic nitrogens is 1. The van der Waals surface area contributed by atoms with Gasteiger partial charge in [-0.05, 0) is 67.6 Å². The minimum atomic E-state index is -2.62. The number of hydrogen-bond donors (Lipinski definition) is 2. The summed E-state index contributed by atoms with van der Waals surface area (Å²) in [6.07, 6.45) is 2.43. The molecule has 1 saturated heterocycles. The molecule has 1 aliphatic heterocycles. The lowest BCUT2D eigenvalue weighted by molar-refractivity contribution is -0.0366. The Kier molecular flexibility index (Phi) is 5.74. The van der Waals surface area contributed by atoms with E-state index in [9.17, 15) is 18.7 Å². The summed E-state index contributed by atoms with van der Waals surface area (Å²) in [5, 5.41) is 11.7. The van der Waals surface area contributed by atoms with E-state index in [2.05, 4.69) is 9.71 Å². The van der Waals surface area contributed by atoms with Gasteiger partial charge in [0.05, 0.1) is 16.0 Å². The SMILES string of the molecule is O=C(c1ccc(NSc2cccc3cccnc23)cc1)N1CCC(O)(CC2CC2(F)F)CC1. The molecule has 1 amide bonds. The Morgan fingerprint density at radius 1 is 1.12 bits per heavy atom. The summed E-state index contributed by atoms with van der Waals surface area (Å²) in [7, 11) is 0. The van der Waals surface area contributed by atoms with E-state index in [1.807, 2.05) is 42.5 Å². The van der Waals surface area contributed by atoms with Gasteiger partial charge in [0, 0.05) is 48.3 Å². The Morgan fingerprint density at radius 3 is 2.52 bits per heavy atom. The molecule has 0 bridgehead atoms. The Morgan fingerprint density at radius 2 is 1.82 bits per heavy atom. The van der Waals surface area contributed by atoms with Crippen LogP contribution in [0, 0.1) is 5.92 Å². The molecule has 2 heterocycles. The third-order valence-electron chi connectivity index (χ3n) is 6.57. The van der Waals surface area contributed by atoms with Gasteiger partial charge in [0.1, 0.15) is 0 Å². The van der Waals surface area contributed by atoms with E-state index >= 15 is 0 Å². The molecule has 2 N–H and O–H groups in total. The summed E-state index contributed by atoms with van der Waals surface area (Å²) in [4.78, 5) is 20.0. The van der Waals surface area contributed by atoms with Crippen molar-refractivity contribution in [2.45, 2.75) is 42.1 Å². The van der Waals surface area contributed by atoms with Crippen molar-refractivity contribution >= 4 is 34.4 Å². The van der Waals surface area contributed by atoms with E-state index in [0.29, 0.717) is 31.5 Å². The Labute approximate surface area is 195 Å². The number of pyridine rings is 1. The van der Waals surface area contributed by atoms with Crippen LogP contribution >= 0.6 is 11.9 Å². The largest absolute Gasteiger partial charge is 0.390 e. The van der Waals surface area contributed by atoms with Crippen LogP contribution in [0.3, 0.4) is 0 Å². The quantitative estimate of drug-likeness (QED) is 0.476. The van der Waals surface area contributed by atoms with Crippen molar-refractivity contribution in [2.75, 3.05) is 17.8 Å². The van der Waals surface area contributed by atoms with Crippen molar-refractivity contribution in [3.63, 3.8) is 0 Å². The monoisotopic (exact) mass is 469 g/mol. The van der Waals surface area contributed by atoms with Crippen LogP contribution in [0.5, 0.6) is 0 Å². The van der Waals surface area contributed by atoms with Gasteiger partial charge in [-0.2, -0.15) is 0 Å². The summed E-state index contributed by atoms with van der Waals surface area (Å²) in [5.41, 5.74) is 1.27. The van der Waals surface area contributed by atoms with Gasteiger partial charge >= 0.3 is 0 Å². The second kappa shape index (κ2) is 8.57. The van der Waals surface area contributed by atoms with Gasteiger partial charge in [-0.1, -0.05) is 18.2 Å². The molecular formula is C25H25F2N3O2S. The molecule has 3 aromatic rings. The van der Waals surface area contributed by atoms with Gasteiger partial charge in [-0.25, -0.2) is 8.78 Å². The number of anilines is 1. The molecule has 1 atom stereocenters. The van der Waals surface area contributed by atoms with Gasteiger partial charge < -0.3 is 14.7 Å². The highest BCUT2D eigenvalue weighted by Gasteiger charge is 2.59. The van der Waals surface area contributed by atoms with E-state index in [-0.39, 0.29) is 18.7 Å². The number of piperidine rings is 1. The Hall–Kier alpha value is -2.71. The van der Waals surface area contributed by atoms with Crippen molar-refractivity contribution in [3.05, 3.63) is 66.4 Å². The van der Waals surface area contributed by atoms with Gasteiger partial charge in [0.15, 0.2) is 0 Å². The van der Waals surface area contributed by atoms with Crippen LogP contribution in [0.25, 0.3) is 10.9 Å². The maximum atomic E-state index is 13.2. The number of hydrogen-bond acceptors (Lipinski definition) is 5. The third-order valence-corrected chi connectivity index (χ3v) is 7.46. The second-order valence-corrected chi connectivity index (χ2v) is 9.84. The first-order chi connectivity index (χ1) is 15.8. The van der Waals surface area contributed by atoms with E-state index in [0.717, 1.165) is 21.5 Å². The molecule has 0 radical (unpaired) electrons. The molecule has 0 spiro atoms. The fourth-order valence-corrected chi connectivity index (χ4v) is 5.19. The maximum Gasteiger partial charge on any atom is 0.253 e. The maximum absolute atomic E-state index is 13.2. The minimum absolute atomic E-state index is 0.105. The lowest BCUT2D eigenvalue weighted by atomic mass is 9.86. The smallest absolute Gasteiger partial charge is 0.253 e. The first kappa shape index (κ1) is 22.1. The number of carbonyl (C=O) groups is 1. The van der Waals surface area contributed by atoms with Crippen molar-refractivity contribution in [2.24, 2.45) is 5.92 Å². The van der Waals surface area contributed by atoms with Gasteiger partial charge in [0.2, 0.25) is 0 Å². The number of likely N-dealkylation sites (tertiary alicyclic amines) is 1. The molecular weight excluding hydrogens is 444 g/mol. The number of carbonyl (C=O) groups excluding carboxylic acids is 1. The van der Waals surface area contributed by atoms with Crippen LogP contribution < -0.4 is 4.72 Å². The fraction of sp³-hybridized carbons (Fsp3) is 0.360. The number of amides is 1. The molecule has 1 saturated carbocycles. The summed E-state index contributed by atoms with van der Waals surface area (Å²) >= 11 is 1.47. The zero-order chi connectivity index (χ0) is 23.1. The van der Waals surface area contributed by atoms with Crippen LogP contribution in [0.2, 0.25) is 0 Å². The fourth-order valence-electron chi connectivity index (χ4n) is 4.42. The number of aliphatic hydroxyl groups is 1. The number of rotatable bonds is 6. The third kappa shape index (κ3) is 4.82. The van der Waals surface area contributed by atoms with E-state index < -0.39 is 17.4 Å². The number of benzene rings is 2. The van der Waals surface area contributed by atoms with Crippen molar-refractivity contribution < 1.29 is 18.7 Å². The highest BCUT2D eigenvalue weighted by atomic mass is 32.2. The normalized spacial score (nSPS) is 21.1. The zero-order valence-electron chi connectivity index (χ0n) is 18.0. The van der Waals surface area contributed by atoms with Crippen molar-refractivity contribution in [1.82, 2.24) is 9.88 Å². The second-order valence-electron chi connectivity index (χ2n) is 9.00. The molecule has 172 valence electrons. The number of fused-ring (bicyclic) bond motifs is 1. The molecule has 1 aromatic heterocycles. The number of halogens is 2. The van der Waals surface area contributed by atoms with Crippen LogP contribution in [-0.4, -0.2) is 45.5 Å². The standard InChI is InChI=1S/C25H25F2N3O2S/c26-25(27)16-19(25)15-24(32)10-13-30(14-11-24)23(31)18-6-8-20(9-7-18)29-33-21-5-1-3-17-4-2-12-28-22(17)21/h1-9,12,19,29,32H,10-11,13-16H2. The predicted octanol–water partition coefficient (Wildman–Crippen LogP) is 5.37. The zero-order valence-corrected chi connectivity index (χ0v) is 18.8. The molecule has 2 fully saturated rings. The van der Waals surface area contributed by atoms with Crippen molar-refractivity contribution in [1.29, 1.82) is 0 Å². The molecule has 5 rings (SSSR count). The first-order valence-corrected chi connectivity index (χ1v) is 11.9. The molecule has 8 heteroatoms. The average molecular weight is 470 g/mol. The molecule has 2 aliphatic rings. The van der Waals surface area contributed by atoms with E-state index in [1.165, 1.54) is 11.9 Å². The Bertz CT molecular complexity index is 1160. The lowest BCUT2D eigenvalue weighted by Crippen LogP contribution is -2.47. The summed E-state index contributed by atoms with van der Waals surface area (Å²) in [6, 6.07) is 17.2. The number of nitrogens with one attached hydrogen (secondary N) is 1. The number of alkyl halides is 2. The molecule has 2 aromatic carbocycles. The van der Waals surface area contributed by atoms with Gasteiger partial charge in [-0.3, -0.25) is 9.78 Å². The highest BCUT2D eigenvalue weighted by Crippen LogP contribution is 2.53. The highest BCUT2D eigenvalue weighted by molar-refractivity contribution is 8.00. The molecule has 1 aliphatic carbocycles. The number of para-hydroxylation sites is 1. The molecule has 1 unspecified atom stereocenters. The molecule has 5 nitrogen and oxygen atoms in total. The van der Waals surface area contributed by atoms with E-state index in [4.69, 9.17) is 0 Å². The van der Waals surface area contributed by atoms with Crippen LogP contribution in [0.15, 0.2) is 65.7 Å². The van der Waals surface area contributed by atoms with E-state index in [1.54, 1.807) is 23.2 Å². The van der Waals surface area contributed by atoms with Gasteiger partial charge in [0.25, 0.3) is 11.8 Å². The first-order valence-electron chi connectivity index (χ1n) is 11.1. The summed E-state index contributed by atoms with van der Waals surface area (Å²) in [5.74, 6) is -3.44. The van der Waals surface area contributed by atoms with Crippen LogP contribution in [0.4, 0.5) is 14.5 Å². The average Bonchev–Trinajstić information content (AvgIpc) is 3.42. The minimum Gasteiger partial charge on any atom is -0.390 e. The van der Waals surface area contributed by atoms with Crippen LogP contribution in [0.1, 0.15) is 36.0 Å². The van der Waals surface area contributed by atoms with Gasteiger partial charge in [-0.15, -0.1) is 0 Å². The molecule has 33 heavy (non-hydrogen) atoms. The number of nitrogens with zero attached hydrogens (tertiary/aromatic N) is 2. The predicted molar refractivity (Wildman–Crippen MR) is 125 cm³/mol. The summed E-state index contributed by atoms with van der Waals surface area (Å²) < 4.78 is 29.7. The topological polar surface area (TPSA) is 65.5 Å². The van der Waals surface area contributed by atoms with Crippen LogP contribution in [-0.2, 0) is 0 Å². The summed E-state index contributed by atoms with van der Waals surface area (Å²) in [6.45, 7) is 0.745. The lowest BCUT2D eigenvalue weighted by Gasteiger charge is -2.38. The van der Waals surface area contributed by atoms with Crippen molar-refractivity contribution in [3.8, 4) is 0 Å².